The summed E-state index contributed by atoms with van der Waals surface area (Å²) >= 11 is 0.564. The summed E-state index contributed by atoms with van der Waals surface area (Å²) in [5.41, 5.74) is 5.05. The predicted molar refractivity (Wildman–Crippen MR) is 34.0 cm³/mol. The van der Waals surface area contributed by atoms with Gasteiger partial charge in [-0.25, -0.2) is 0 Å². The van der Waals surface area contributed by atoms with Crippen molar-refractivity contribution in [1.29, 1.82) is 0 Å². The Balaban J connectivity index is 3.63. The van der Waals surface area contributed by atoms with E-state index in [1.807, 2.05) is 0 Å². The van der Waals surface area contributed by atoms with Crippen LogP contribution in [0.3, 0.4) is 0 Å². The number of rotatable bonds is 3. The molecule has 0 aliphatic heterocycles. The maximum atomic E-state index is 10.1. The van der Waals surface area contributed by atoms with E-state index >= 15 is 0 Å². The fourth-order valence-corrected chi connectivity index (χ4v) is 0.483. The topological polar surface area (TPSA) is 63.3 Å². The van der Waals surface area contributed by atoms with Crippen LogP contribution in [-0.4, -0.2) is 29.1 Å². The fraction of sp³-hybridized carbons (Fsp3) is 0.750. The van der Waals surface area contributed by atoms with Crippen LogP contribution in [0.25, 0.3) is 0 Å². The minimum Gasteiger partial charge on any atom is -0.480 e. The summed E-state index contributed by atoms with van der Waals surface area (Å²) in [4.78, 5) is 10.1. The van der Waals surface area contributed by atoms with Crippen LogP contribution in [0.2, 0.25) is 0 Å². The van der Waals surface area contributed by atoms with E-state index in [0.29, 0.717) is 11.8 Å². The molecular weight excluding hydrogens is 126 g/mol. The lowest BCUT2D eigenvalue weighted by Gasteiger charge is -2.00. The molecule has 0 saturated heterocycles. The average molecular weight is 138 g/mol. The highest BCUT2D eigenvalue weighted by molar-refractivity contribution is 7.98. The zero-order chi connectivity index (χ0) is 9.07. The first-order valence-electron chi connectivity index (χ1n) is 3.45. The average Bonchev–Trinajstić information content (AvgIpc) is 1.80. The molecule has 0 amide bonds. The van der Waals surface area contributed by atoms with Gasteiger partial charge in [-0.15, -0.1) is 0 Å². The summed E-state index contributed by atoms with van der Waals surface area (Å²) < 4.78 is 20.1. The van der Waals surface area contributed by atoms with Crippen molar-refractivity contribution in [3.05, 3.63) is 0 Å². The van der Waals surface area contributed by atoms with Crippen LogP contribution < -0.4 is 5.73 Å². The zero-order valence-electron chi connectivity index (χ0n) is 7.13. The number of hydrogen-bond acceptors (Lipinski definition) is 3. The Labute approximate surface area is 56.5 Å². The Bertz CT molecular complexity index is 149. The normalized spacial score (nSPS) is 20.4. The summed E-state index contributed by atoms with van der Waals surface area (Å²) in [7, 11) is 0. The number of carboxylic acid groups (broad SMARTS) is 1. The molecule has 0 unspecified atom stereocenters. The van der Waals surface area contributed by atoms with Gasteiger partial charge in [-0.1, -0.05) is 0 Å². The molecule has 0 aliphatic rings. The molecule has 3 nitrogen and oxygen atoms in total. The number of aliphatic carboxylic acids is 1. The van der Waals surface area contributed by atoms with Crippen molar-refractivity contribution in [2.45, 2.75) is 6.04 Å². The third-order valence-electron chi connectivity index (χ3n) is 0.580. The van der Waals surface area contributed by atoms with Gasteiger partial charge in [-0.3, -0.25) is 4.79 Å². The number of carbonyl (C=O) groups is 1. The van der Waals surface area contributed by atoms with Gasteiger partial charge >= 0.3 is 5.97 Å². The van der Waals surface area contributed by atoms with Gasteiger partial charge in [0, 0.05) is 9.87 Å². The van der Waals surface area contributed by atoms with Gasteiger partial charge < -0.3 is 10.8 Å². The fourth-order valence-electron chi connectivity index (χ4n) is 0.161. The monoisotopic (exact) mass is 138 g/mol. The Morgan fingerprint density at radius 1 is 2.25 bits per heavy atom. The highest BCUT2D eigenvalue weighted by Crippen LogP contribution is 1.93. The van der Waals surface area contributed by atoms with Crippen LogP contribution >= 0.6 is 11.8 Å². The first-order valence-corrected chi connectivity index (χ1v) is 2.94. The van der Waals surface area contributed by atoms with E-state index in [1.54, 1.807) is 0 Å². The molecule has 0 fully saturated rings. The molecule has 48 valence electrons. The molecule has 0 bridgehead atoms. The molecule has 0 aromatic heterocycles. The lowest BCUT2D eigenvalue weighted by atomic mass is 10.4. The first kappa shape index (κ1) is 3.74. The highest BCUT2D eigenvalue weighted by Gasteiger charge is 2.08. The van der Waals surface area contributed by atoms with Gasteiger partial charge in [0.1, 0.15) is 6.04 Å². The Hall–Kier alpha value is -0.220. The third kappa shape index (κ3) is 2.87. The molecule has 8 heavy (non-hydrogen) atoms. The Morgan fingerprint density at radius 2 is 2.88 bits per heavy atom. The van der Waals surface area contributed by atoms with Gasteiger partial charge in [0.15, 0.2) is 0 Å². The van der Waals surface area contributed by atoms with Crippen LogP contribution in [0.1, 0.15) is 4.11 Å². The minimum absolute atomic E-state index is 0.0914. The third-order valence-corrected chi connectivity index (χ3v) is 1.11. The number of thioether (sulfide) groups is 1. The maximum absolute atomic E-state index is 10.1. The van der Waals surface area contributed by atoms with Crippen LogP contribution in [-0.2, 0) is 4.79 Å². The predicted octanol–water partition coefficient (Wildman–Crippen LogP) is -0.239. The SMILES string of the molecule is [2H]C([2H])([2H])SC[C@@H](N)C(=O)O. The van der Waals surface area contributed by atoms with Crippen molar-refractivity contribution in [3.63, 3.8) is 0 Å². The second-order valence-corrected chi connectivity index (χ2v) is 1.88. The molecule has 0 aromatic rings. The van der Waals surface area contributed by atoms with E-state index in [2.05, 4.69) is 0 Å². The summed E-state index contributed by atoms with van der Waals surface area (Å²) in [6, 6.07) is -1.10. The molecule has 0 heterocycles. The molecular formula is C4H9NO2S. The largest absolute Gasteiger partial charge is 0.480 e. The van der Waals surface area contributed by atoms with Crippen molar-refractivity contribution in [2.75, 3.05) is 11.9 Å². The molecule has 0 radical (unpaired) electrons. The number of carboxylic acids is 1. The molecule has 0 spiro atoms. The standard InChI is InChI=1S/C4H9NO2S/c1-8-2-3(5)4(6)7/h3H,2,5H2,1H3,(H,6,7)/t3-/m1/s1/i1D3. The summed E-state index contributed by atoms with van der Waals surface area (Å²) in [5, 5.41) is 8.26. The lowest BCUT2D eigenvalue weighted by Crippen LogP contribution is -2.32. The smallest absolute Gasteiger partial charge is 0.321 e. The second-order valence-electron chi connectivity index (χ2n) is 1.26. The number of hydrogen-bond donors (Lipinski definition) is 2. The van der Waals surface area contributed by atoms with E-state index in [-0.39, 0.29) is 5.75 Å². The molecule has 0 rings (SSSR count). The van der Waals surface area contributed by atoms with Crippen molar-refractivity contribution in [3.8, 4) is 0 Å². The van der Waals surface area contributed by atoms with Crippen LogP contribution in [0.4, 0.5) is 0 Å². The van der Waals surface area contributed by atoms with Crippen molar-refractivity contribution < 1.29 is 14.0 Å². The minimum atomic E-state index is -2.16. The van der Waals surface area contributed by atoms with Crippen LogP contribution in [0, 0.1) is 0 Å². The van der Waals surface area contributed by atoms with E-state index in [0.717, 1.165) is 0 Å². The number of nitrogens with two attached hydrogens (primary N) is 1. The van der Waals surface area contributed by atoms with Crippen LogP contribution in [0.5, 0.6) is 0 Å². The molecule has 3 N–H and O–H groups in total. The van der Waals surface area contributed by atoms with Gasteiger partial charge in [-0.2, -0.15) is 11.8 Å². The molecule has 1 atom stereocenters. The quantitative estimate of drug-likeness (QED) is 0.565. The lowest BCUT2D eigenvalue weighted by molar-refractivity contribution is -0.137. The van der Waals surface area contributed by atoms with Gasteiger partial charge in [0.2, 0.25) is 0 Å². The van der Waals surface area contributed by atoms with Gasteiger partial charge in [0.05, 0.1) is 0 Å². The van der Waals surface area contributed by atoms with E-state index < -0.39 is 18.2 Å². The molecule has 0 saturated carbocycles. The van der Waals surface area contributed by atoms with Crippen molar-refractivity contribution in [1.82, 2.24) is 0 Å². The Morgan fingerprint density at radius 3 is 3.25 bits per heavy atom. The van der Waals surface area contributed by atoms with Crippen LogP contribution in [0.15, 0.2) is 0 Å². The summed E-state index contributed by atoms with van der Waals surface area (Å²) in [6.45, 7) is 0. The molecule has 4 heteroatoms. The summed E-state index contributed by atoms with van der Waals surface area (Å²) in [5.74, 6) is -1.27. The van der Waals surface area contributed by atoms with E-state index in [4.69, 9.17) is 15.0 Å². The first-order chi connectivity index (χ1) is 4.83. The zero-order valence-corrected chi connectivity index (χ0v) is 4.94. The van der Waals surface area contributed by atoms with Crippen molar-refractivity contribution >= 4 is 17.7 Å². The van der Waals surface area contributed by atoms with Gasteiger partial charge in [0.25, 0.3) is 0 Å². The molecule has 0 aliphatic carbocycles. The van der Waals surface area contributed by atoms with Crippen molar-refractivity contribution in [2.24, 2.45) is 5.73 Å². The molecule has 0 aromatic carbocycles. The highest BCUT2D eigenvalue weighted by atomic mass is 32.2. The maximum Gasteiger partial charge on any atom is 0.321 e. The second kappa shape index (κ2) is 3.74. The van der Waals surface area contributed by atoms with E-state index in [1.165, 1.54) is 0 Å². The summed E-state index contributed by atoms with van der Waals surface area (Å²) in [6.07, 6.45) is -2.16. The van der Waals surface area contributed by atoms with Gasteiger partial charge in [-0.05, 0) is 6.18 Å². The Kier molecular flexibility index (Phi) is 1.75. The van der Waals surface area contributed by atoms with E-state index in [9.17, 15) is 4.79 Å².